The van der Waals surface area contributed by atoms with Gasteiger partial charge in [0.15, 0.2) is 5.78 Å². The quantitative estimate of drug-likeness (QED) is 0.168. The first-order valence-electron chi connectivity index (χ1n) is 7.05. The summed E-state index contributed by atoms with van der Waals surface area (Å²) in [6, 6.07) is 5.39. The van der Waals surface area contributed by atoms with Crippen molar-refractivity contribution in [1.29, 1.82) is 0 Å². The number of allylic oxidation sites excluding steroid dienone is 1. The monoisotopic (exact) mass is 346 g/mol. The minimum atomic E-state index is -2.69. The van der Waals surface area contributed by atoms with E-state index >= 15 is 0 Å². The zero-order valence-electron chi connectivity index (χ0n) is 13.4. The lowest BCUT2D eigenvalue weighted by Gasteiger charge is -2.24. The second-order valence-electron chi connectivity index (χ2n) is 4.96. The Morgan fingerprint density at radius 3 is 2.32 bits per heavy atom. The fourth-order valence-electron chi connectivity index (χ4n) is 2.25. The molecule has 0 saturated heterocycles. The molecule has 130 valence electrons. The summed E-state index contributed by atoms with van der Waals surface area (Å²) in [6.07, 6.45) is 1.63. The fraction of sp³-hybridized carbons (Fsp3) is 0.333. The topological polar surface area (TPSA) is 141 Å². The molecule has 0 heterocycles. The number of hydrogen-bond donors (Lipinski definition) is 0. The molecule has 1 aromatic carbocycles. The van der Waals surface area contributed by atoms with Gasteiger partial charge in [-0.1, -0.05) is 28.4 Å². The maximum atomic E-state index is 13.0. The number of azide groups is 1. The summed E-state index contributed by atoms with van der Waals surface area (Å²) >= 11 is 0. The van der Waals surface area contributed by atoms with E-state index in [-0.39, 0.29) is 12.8 Å². The van der Waals surface area contributed by atoms with E-state index in [2.05, 4.69) is 31.4 Å². The molecular weight excluding hydrogens is 331 g/mol. The molecule has 10 heteroatoms. The van der Waals surface area contributed by atoms with Crippen LogP contribution in [0.15, 0.2) is 47.1 Å². The molecular formula is C15H15FN6O3. The number of benzene rings is 1. The molecule has 0 amide bonds. The van der Waals surface area contributed by atoms with E-state index in [1.807, 2.05) is 0 Å². The first kappa shape index (κ1) is 19.7. The molecule has 1 rings (SSSR count). The third-order valence-corrected chi connectivity index (χ3v) is 3.41. The summed E-state index contributed by atoms with van der Waals surface area (Å²) in [5, 5.41) is 6.23. The van der Waals surface area contributed by atoms with Crippen molar-refractivity contribution in [3.05, 3.63) is 69.2 Å². The summed E-state index contributed by atoms with van der Waals surface area (Å²) in [7, 11) is 0.965. The third kappa shape index (κ3) is 4.57. The predicted octanol–water partition coefficient (Wildman–Crippen LogP) is 3.62. The molecule has 0 spiro atoms. The van der Waals surface area contributed by atoms with Crippen molar-refractivity contribution in [3.63, 3.8) is 0 Å². The molecule has 0 bridgehead atoms. The van der Waals surface area contributed by atoms with E-state index in [1.54, 1.807) is 0 Å². The molecule has 0 saturated carbocycles. The minimum absolute atomic E-state index is 0.0891. The number of Topliss-reactive ketones (excluding diaryl/α,β-unsaturated/α-hetero) is 1. The van der Waals surface area contributed by atoms with Crippen LogP contribution >= 0.6 is 0 Å². The van der Waals surface area contributed by atoms with Crippen molar-refractivity contribution in [1.82, 2.24) is 0 Å². The minimum Gasteiger partial charge on any atom is -0.468 e. The number of rotatable bonds is 9. The average molecular weight is 346 g/mol. The van der Waals surface area contributed by atoms with Crippen LogP contribution in [0.25, 0.3) is 20.9 Å². The Hall–Kier alpha value is -3.35. The Bertz CT molecular complexity index is 733. The Kier molecular flexibility index (Phi) is 7.15. The number of nitrogens with zero attached hydrogens (tertiary/aromatic N) is 6. The Balaban J connectivity index is 3.34. The van der Waals surface area contributed by atoms with Gasteiger partial charge in [0.05, 0.1) is 7.11 Å². The third-order valence-electron chi connectivity index (χ3n) is 3.41. The summed E-state index contributed by atoms with van der Waals surface area (Å²) in [5.41, 5.74) is 15.3. The van der Waals surface area contributed by atoms with Crippen molar-refractivity contribution in [3.8, 4) is 0 Å². The van der Waals surface area contributed by atoms with Crippen LogP contribution < -0.4 is 0 Å². The maximum Gasteiger partial charge on any atom is 0.331 e. The molecule has 25 heavy (non-hydrogen) atoms. The van der Waals surface area contributed by atoms with E-state index in [4.69, 9.17) is 11.1 Å². The van der Waals surface area contributed by atoms with Crippen LogP contribution in [0.4, 0.5) is 4.39 Å². The molecule has 0 N–H and O–H groups in total. The second-order valence-corrected chi connectivity index (χ2v) is 4.96. The van der Waals surface area contributed by atoms with Gasteiger partial charge in [0.2, 0.25) is 0 Å². The fourth-order valence-corrected chi connectivity index (χ4v) is 2.25. The van der Waals surface area contributed by atoms with Gasteiger partial charge in [-0.25, -0.2) is 4.39 Å². The molecule has 0 radical (unpaired) electrons. The summed E-state index contributed by atoms with van der Waals surface area (Å²) in [5.74, 6) is -3.57. The van der Waals surface area contributed by atoms with E-state index in [0.717, 1.165) is 7.11 Å². The van der Waals surface area contributed by atoms with Crippen molar-refractivity contribution in [2.45, 2.75) is 18.5 Å². The van der Waals surface area contributed by atoms with E-state index in [9.17, 15) is 14.0 Å². The number of halogens is 1. The molecule has 0 aliphatic carbocycles. The smallest absolute Gasteiger partial charge is 0.331 e. The largest absolute Gasteiger partial charge is 0.468 e. The van der Waals surface area contributed by atoms with Crippen molar-refractivity contribution < 1.29 is 18.7 Å². The highest BCUT2D eigenvalue weighted by Gasteiger charge is 2.48. The van der Waals surface area contributed by atoms with Gasteiger partial charge in [-0.15, -0.1) is 6.58 Å². The Morgan fingerprint density at radius 2 is 1.88 bits per heavy atom. The zero-order chi connectivity index (χ0) is 18.9. The number of esters is 1. The van der Waals surface area contributed by atoms with E-state index < -0.39 is 29.2 Å². The summed E-state index contributed by atoms with van der Waals surface area (Å²) in [6.45, 7) is 3.54. The van der Waals surface area contributed by atoms with Crippen LogP contribution in [-0.4, -0.2) is 24.5 Å². The Morgan fingerprint density at radius 1 is 1.32 bits per heavy atom. The summed E-state index contributed by atoms with van der Waals surface area (Å²) in [4.78, 5) is 29.7. The molecule has 0 aliphatic rings. The second kappa shape index (κ2) is 9.07. The Labute approximate surface area is 142 Å². The van der Waals surface area contributed by atoms with Gasteiger partial charge in [-0.3, -0.25) is 9.59 Å². The highest BCUT2D eigenvalue weighted by Crippen LogP contribution is 2.27. The summed E-state index contributed by atoms with van der Waals surface area (Å²) < 4.78 is 17.5. The SMILES string of the molecule is C=CCC(Cc1ccc(F)cc1)C(=O)C(N=[N+]=[N-])(N=[N+]=[N-])C(=O)OC. The van der Waals surface area contributed by atoms with Gasteiger partial charge in [0.1, 0.15) is 5.82 Å². The molecule has 0 aliphatic heterocycles. The normalized spacial score (nSPS) is 13.4. The van der Waals surface area contributed by atoms with Crippen molar-refractivity contribution >= 4 is 11.8 Å². The van der Waals surface area contributed by atoms with Crippen molar-refractivity contribution in [2.24, 2.45) is 16.1 Å². The molecule has 1 atom stereocenters. The van der Waals surface area contributed by atoms with Crippen LogP contribution in [0.1, 0.15) is 12.0 Å². The van der Waals surface area contributed by atoms with Gasteiger partial charge in [-0.2, -0.15) is 0 Å². The van der Waals surface area contributed by atoms with Gasteiger partial charge in [0.25, 0.3) is 5.66 Å². The highest BCUT2D eigenvalue weighted by molar-refractivity contribution is 6.09. The molecule has 1 unspecified atom stereocenters. The van der Waals surface area contributed by atoms with Gasteiger partial charge >= 0.3 is 5.97 Å². The van der Waals surface area contributed by atoms with Gasteiger partial charge < -0.3 is 4.74 Å². The number of hydrogen-bond acceptors (Lipinski definition) is 5. The number of methoxy groups -OCH3 is 1. The molecule has 0 fully saturated rings. The standard InChI is InChI=1S/C15H15FN6O3/c1-3-4-11(9-10-5-7-12(16)8-6-10)13(23)15(19-21-17,20-22-18)14(24)25-2/h3,5-8,11H,1,4,9H2,2H3. The number of carbonyl (C=O) groups is 2. The number of ketones is 1. The highest BCUT2D eigenvalue weighted by atomic mass is 19.1. The lowest BCUT2D eigenvalue weighted by atomic mass is 9.86. The number of carbonyl (C=O) groups excluding carboxylic acids is 2. The van der Waals surface area contributed by atoms with Crippen molar-refractivity contribution in [2.75, 3.05) is 7.11 Å². The van der Waals surface area contributed by atoms with E-state index in [1.165, 1.54) is 30.3 Å². The van der Waals surface area contributed by atoms with Crippen LogP contribution in [-0.2, 0) is 20.7 Å². The average Bonchev–Trinajstić information content (AvgIpc) is 2.61. The number of ether oxygens (including phenoxy) is 1. The maximum absolute atomic E-state index is 13.0. The molecule has 1 aromatic rings. The van der Waals surface area contributed by atoms with Crippen LogP contribution in [0.3, 0.4) is 0 Å². The first-order valence-corrected chi connectivity index (χ1v) is 7.05. The zero-order valence-corrected chi connectivity index (χ0v) is 13.4. The lowest BCUT2D eigenvalue weighted by molar-refractivity contribution is -0.152. The lowest BCUT2D eigenvalue weighted by Crippen LogP contribution is -2.47. The van der Waals surface area contributed by atoms with Gasteiger partial charge in [0, 0.05) is 15.7 Å². The predicted molar refractivity (Wildman–Crippen MR) is 86.5 cm³/mol. The van der Waals surface area contributed by atoms with Crippen LogP contribution in [0.5, 0.6) is 0 Å². The van der Waals surface area contributed by atoms with Crippen LogP contribution in [0, 0.1) is 11.7 Å². The molecule has 0 aromatic heterocycles. The van der Waals surface area contributed by atoms with Crippen LogP contribution in [0.2, 0.25) is 0 Å². The van der Waals surface area contributed by atoms with E-state index in [0.29, 0.717) is 5.56 Å². The van der Waals surface area contributed by atoms with Gasteiger partial charge in [-0.05, 0) is 41.6 Å². The molecule has 9 nitrogen and oxygen atoms in total. The first-order chi connectivity index (χ1) is 11.9.